The minimum absolute atomic E-state index is 0.251. The van der Waals surface area contributed by atoms with Crippen molar-refractivity contribution in [2.24, 2.45) is 5.92 Å². The molecule has 0 radical (unpaired) electrons. The molecule has 1 saturated carbocycles. The third-order valence-corrected chi connectivity index (χ3v) is 4.61. The van der Waals surface area contributed by atoms with Gasteiger partial charge in [-0.05, 0) is 25.2 Å². The summed E-state index contributed by atoms with van der Waals surface area (Å²) in [5.41, 5.74) is 0. The van der Waals surface area contributed by atoms with E-state index in [4.69, 9.17) is 0 Å². The van der Waals surface area contributed by atoms with Crippen LogP contribution in [0.2, 0.25) is 0 Å². The summed E-state index contributed by atoms with van der Waals surface area (Å²) in [5, 5.41) is 0. The first-order chi connectivity index (χ1) is 6.03. The number of halogens is 1. The van der Waals surface area contributed by atoms with E-state index in [0.29, 0.717) is 18.2 Å². The minimum atomic E-state index is -3.00. The van der Waals surface area contributed by atoms with Gasteiger partial charge < -0.3 is 0 Å². The zero-order chi connectivity index (χ0) is 9.90. The molecule has 0 heterocycles. The van der Waals surface area contributed by atoms with E-state index in [-0.39, 0.29) is 4.83 Å². The minimum Gasteiger partial charge on any atom is -0.214 e. The number of alkyl halides is 1. The van der Waals surface area contributed by atoms with Gasteiger partial charge in [-0.1, -0.05) is 22.9 Å². The SMILES string of the molecule is CCC(Br)CNS(=O)(=O)CC1CC1. The lowest BCUT2D eigenvalue weighted by Gasteiger charge is -2.08. The van der Waals surface area contributed by atoms with Crippen LogP contribution in [-0.4, -0.2) is 25.5 Å². The molecule has 0 amide bonds. The third-order valence-electron chi connectivity index (χ3n) is 2.12. The quantitative estimate of drug-likeness (QED) is 0.743. The molecule has 1 N–H and O–H groups in total. The van der Waals surface area contributed by atoms with Gasteiger partial charge in [-0.3, -0.25) is 0 Å². The molecule has 1 rings (SSSR count). The molecule has 5 heteroatoms. The van der Waals surface area contributed by atoms with Gasteiger partial charge in [0.15, 0.2) is 0 Å². The van der Waals surface area contributed by atoms with E-state index in [0.717, 1.165) is 19.3 Å². The highest BCUT2D eigenvalue weighted by atomic mass is 79.9. The molecule has 0 aromatic rings. The van der Waals surface area contributed by atoms with Crippen LogP contribution in [0.25, 0.3) is 0 Å². The molecule has 1 fully saturated rings. The van der Waals surface area contributed by atoms with Crippen LogP contribution in [0.4, 0.5) is 0 Å². The monoisotopic (exact) mass is 269 g/mol. The van der Waals surface area contributed by atoms with Crippen molar-refractivity contribution < 1.29 is 8.42 Å². The number of hydrogen-bond donors (Lipinski definition) is 1. The summed E-state index contributed by atoms with van der Waals surface area (Å²) in [5.74, 6) is 0.740. The normalized spacial score (nSPS) is 20.2. The van der Waals surface area contributed by atoms with Crippen molar-refractivity contribution in [3.63, 3.8) is 0 Å². The Bertz CT molecular complexity index is 249. The molecule has 0 saturated heterocycles. The van der Waals surface area contributed by atoms with Crippen molar-refractivity contribution in [3.8, 4) is 0 Å². The van der Waals surface area contributed by atoms with E-state index in [1.807, 2.05) is 6.92 Å². The standard InChI is InChI=1S/C8H16BrNO2S/c1-2-8(9)5-10-13(11,12)6-7-3-4-7/h7-8,10H,2-6H2,1H3. The highest BCUT2D eigenvalue weighted by molar-refractivity contribution is 9.09. The van der Waals surface area contributed by atoms with Gasteiger partial charge in [-0.25, -0.2) is 13.1 Å². The Kier molecular flexibility index (Phi) is 4.19. The van der Waals surface area contributed by atoms with Crippen molar-refractivity contribution in [2.75, 3.05) is 12.3 Å². The van der Waals surface area contributed by atoms with Gasteiger partial charge >= 0.3 is 0 Å². The fourth-order valence-electron chi connectivity index (χ4n) is 1.02. The molecule has 0 bridgehead atoms. The first-order valence-corrected chi connectivity index (χ1v) is 7.21. The zero-order valence-electron chi connectivity index (χ0n) is 7.79. The van der Waals surface area contributed by atoms with Gasteiger partial charge in [-0.2, -0.15) is 0 Å². The Labute approximate surface area is 88.5 Å². The van der Waals surface area contributed by atoms with Crippen molar-refractivity contribution in [2.45, 2.75) is 31.0 Å². The van der Waals surface area contributed by atoms with Crippen molar-refractivity contribution >= 4 is 26.0 Å². The van der Waals surface area contributed by atoms with Gasteiger partial charge in [-0.15, -0.1) is 0 Å². The Hall–Kier alpha value is 0.390. The number of nitrogens with one attached hydrogen (secondary N) is 1. The molecule has 1 aliphatic carbocycles. The van der Waals surface area contributed by atoms with E-state index in [2.05, 4.69) is 20.7 Å². The molecular formula is C8H16BrNO2S. The third kappa shape index (κ3) is 4.98. The molecule has 0 aromatic carbocycles. The molecule has 1 aliphatic rings. The average Bonchev–Trinajstić information content (AvgIpc) is 2.83. The summed E-state index contributed by atoms with van der Waals surface area (Å²) < 4.78 is 25.3. The molecule has 1 unspecified atom stereocenters. The van der Waals surface area contributed by atoms with Crippen LogP contribution in [0.5, 0.6) is 0 Å². The van der Waals surface area contributed by atoms with Gasteiger partial charge in [0.2, 0.25) is 10.0 Å². The van der Waals surface area contributed by atoms with Crippen molar-refractivity contribution in [1.82, 2.24) is 4.72 Å². The van der Waals surface area contributed by atoms with Crippen LogP contribution in [0.3, 0.4) is 0 Å². The fourth-order valence-corrected chi connectivity index (χ4v) is 2.92. The van der Waals surface area contributed by atoms with Crippen LogP contribution in [-0.2, 0) is 10.0 Å². The number of sulfonamides is 1. The predicted molar refractivity (Wildman–Crippen MR) is 57.5 cm³/mol. The summed E-state index contributed by atoms with van der Waals surface area (Å²) in [6, 6.07) is 0. The summed E-state index contributed by atoms with van der Waals surface area (Å²) in [6.07, 6.45) is 3.09. The summed E-state index contributed by atoms with van der Waals surface area (Å²) in [7, 11) is -3.00. The maximum atomic E-state index is 11.4. The molecule has 3 nitrogen and oxygen atoms in total. The first-order valence-electron chi connectivity index (χ1n) is 4.65. The van der Waals surface area contributed by atoms with Crippen LogP contribution in [0.15, 0.2) is 0 Å². The Morgan fingerprint density at radius 3 is 2.62 bits per heavy atom. The Morgan fingerprint density at radius 2 is 2.15 bits per heavy atom. The van der Waals surface area contributed by atoms with Gasteiger partial charge in [0.1, 0.15) is 0 Å². The van der Waals surface area contributed by atoms with Gasteiger partial charge in [0, 0.05) is 11.4 Å². The maximum absolute atomic E-state index is 11.4. The van der Waals surface area contributed by atoms with Gasteiger partial charge in [0.05, 0.1) is 5.75 Å². The number of hydrogen-bond acceptors (Lipinski definition) is 2. The lowest BCUT2D eigenvalue weighted by Crippen LogP contribution is -2.31. The highest BCUT2D eigenvalue weighted by Crippen LogP contribution is 2.29. The van der Waals surface area contributed by atoms with E-state index in [9.17, 15) is 8.42 Å². The number of rotatable bonds is 6. The van der Waals surface area contributed by atoms with Crippen LogP contribution in [0, 0.1) is 5.92 Å². The van der Waals surface area contributed by atoms with Crippen LogP contribution in [0.1, 0.15) is 26.2 Å². The second kappa shape index (κ2) is 4.75. The summed E-state index contributed by atoms with van der Waals surface area (Å²) in [4.78, 5) is 0.251. The van der Waals surface area contributed by atoms with E-state index in [1.165, 1.54) is 0 Å². The fraction of sp³-hybridized carbons (Fsp3) is 1.00. The average molecular weight is 270 g/mol. The molecule has 1 atom stereocenters. The molecule has 13 heavy (non-hydrogen) atoms. The highest BCUT2D eigenvalue weighted by Gasteiger charge is 2.27. The topological polar surface area (TPSA) is 46.2 Å². The van der Waals surface area contributed by atoms with Crippen LogP contribution >= 0.6 is 15.9 Å². The molecule has 0 spiro atoms. The lowest BCUT2D eigenvalue weighted by atomic mass is 10.3. The molecular weight excluding hydrogens is 254 g/mol. The summed E-state index contributed by atoms with van der Waals surface area (Å²) in [6.45, 7) is 2.53. The lowest BCUT2D eigenvalue weighted by molar-refractivity contribution is 0.576. The second-order valence-electron chi connectivity index (χ2n) is 3.58. The second-order valence-corrected chi connectivity index (χ2v) is 6.73. The zero-order valence-corrected chi connectivity index (χ0v) is 10.2. The van der Waals surface area contributed by atoms with E-state index >= 15 is 0 Å². The maximum Gasteiger partial charge on any atom is 0.211 e. The largest absolute Gasteiger partial charge is 0.214 e. The predicted octanol–water partition coefficient (Wildman–Crippen LogP) is 1.49. The first kappa shape index (κ1) is 11.5. The van der Waals surface area contributed by atoms with Crippen molar-refractivity contribution in [3.05, 3.63) is 0 Å². The van der Waals surface area contributed by atoms with Crippen LogP contribution < -0.4 is 4.72 Å². The van der Waals surface area contributed by atoms with E-state index < -0.39 is 10.0 Å². The molecule has 0 aliphatic heterocycles. The molecule has 0 aromatic heterocycles. The Morgan fingerprint density at radius 1 is 1.54 bits per heavy atom. The molecule has 78 valence electrons. The smallest absolute Gasteiger partial charge is 0.211 e. The Balaban J connectivity index is 2.24. The van der Waals surface area contributed by atoms with E-state index in [1.54, 1.807) is 0 Å². The summed E-state index contributed by atoms with van der Waals surface area (Å²) >= 11 is 3.38. The van der Waals surface area contributed by atoms with Gasteiger partial charge in [0.25, 0.3) is 0 Å². The van der Waals surface area contributed by atoms with Crippen molar-refractivity contribution in [1.29, 1.82) is 0 Å².